The van der Waals surface area contributed by atoms with Gasteiger partial charge < -0.3 is 14.6 Å². The highest BCUT2D eigenvalue weighted by molar-refractivity contribution is 7.90. The molecule has 0 atom stereocenters. The maximum Gasteiger partial charge on any atom is 0.344 e. The number of ether oxygens (including phenoxy) is 2. The van der Waals surface area contributed by atoms with Crippen molar-refractivity contribution in [2.24, 2.45) is 0 Å². The maximum atomic E-state index is 13.2. The molecule has 0 heterocycles. The van der Waals surface area contributed by atoms with Crippen LogP contribution in [-0.2, 0) is 25.1 Å². The van der Waals surface area contributed by atoms with Gasteiger partial charge in [0.25, 0.3) is 0 Å². The van der Waals surface area contributed by atoms with Crippen LogP contribution in [0, 0.1) is 0 Å². The van der Waals surface area contributed by atoms with Crippen molar-refractivity contribution in [3.05, 3.63) is 76.3 Å². The number of aromatic hydroxyl groups is 1. The van der Waals surface area contributed by atoms with Crippen molar-refractivity contribution in [2.45, 2.75) is 37.0 Å². The van der Waals surface area contributed by atoms with E-state index >= 15 is 0 Å². The summed E-state index contributed by atoms with van der Waals surface area (Å²) in [4.78, 5) is 11.7. The summed E-state index contributed by atoms with van der Waals surface area (Å²) in [5.74, 6) is -1.50. The summed E-state index contributed by atoms with van der Waals surface area (Å²) >= 11 is 11.9. The van der Waals surface area contributed by atoms with Crippen LogP contribution in [0.5, 0.6) is 11.5 Å². The average Bonchev–Trinajstić information content (AvgIpc) is 2.74. The molecule has 3 aromatic rings. The molecule has 0 aliphatic heterocycles. The first-order chi connectivity index (χ1) is 15.9. The fourth-order valence-electron chi connectivity index (χ4n) is 3.21. The van der Waals surface area contributed by atoms with Crippen molar-refractivity contribution in [3.8, 4) is 22.6 Å². The highest BCUT2D eigenvalue weighted by Crippen LogP contribution is 2.37. The SMILES string of the molecule is CC(C)(C)OC(=O)COc1ccc(-c2ccccc2)cc1CS(=O)(=O)c1cc(Cl)cc(Cl)c1O. The molecule has 3 aromatic carbocycles. The number of rotatable bonds is 7. The van der Waals surface area contributed by atoms with Crippen molar-refractivity contribution >= 4 is 39.0 Å². The van der Waals surface area contributed by atoms with Crippen LogP contribution in [0.2, 0.25) is 10.0 Å². The fraction of sp³-hybridized carbons (Fsp3) is 0.240. The van der Waals surface area contributed by atoms with Crippen LogP contribution in [0.3, 0.4) is 0 Å². The molecule has 3 rings (SSSR count). The molecule has 1 N–H and O–H groups in total. The number of hydrogen-bond donors (Lipinski definition) is 1. The molecule has 6 nitrogen and oxygen atoms in total. The Balaban J connectivity index is 1.99. The van der Waals surface area contributed by atoms with Gasteiger partial charge in [0.05, 0.1) is 10.8 Å². The van der Waals surface area contributed by atoms with E-state index in [9.17, 15) is 18.3 Å². The van der Waals surface area contributed by atoms with E-state index in [2.05, 4.69) is 0 Å². The summed E-state index contributed by atoms with van der Waals surface area (Å²) in [5.41, 5.74) is 1.23. The predicted molar refractivity (Wildman–Crippen MR) is 132 cm³/mol. The van der Waals surface area contributed by atoms with Crippen molar-refractivity contribution < 1.29 is 27.8 Å². The second kappa shape index (κ2) is 10.3. The number of carbonyl (C=O) groups excluding carboxylic acids is 1. The lowest BCUT2D eigenvalue weighted by Gasteiger charge is -2.20. The van der Waals surface area contributed by atoms with Crippen LogP contribution in [-0.4, -0.2) is 31.7 Å². The van der Waals surface area contributed by atoms with E-state index in [4.69, 9.17) is 32.7 Å². The second-order valence-corrected chi connectivity index (χ2v) is 11.4. The van der Waals surface area contributed by atoms with Crippen molar-refractivity contribution in [1.82, 2.24) is 0 Å². The Hall–Kier alpha value is -2.74. The molecular weight excluding hydrogens is 499 g/mol. The molecule has 0 radical (unpaired) electrons. The van der Waals surface area contributed by atoms with Crippen molar-refractivity contribution in [1.29, 1.82) is 0 Å². The van der Waals surface area contributed by atoms with Crippen molar-refractivity contribution in [2.75, 3.05) is 6.61 Å². The minimum atomic E-state index is -4.09. The molecule has 0 aliphatic carbocycles. The van der Waals surface area contributed by atoms with Gasteiger partial charge in [-0.25, -0.2) is 13.2 Å². The third-order valence-corrected chi connectivity index (χ3v) is 6.79. The summed E-state index contributed by atoms with van der Waals surface area (Å²) in [6, 6.07) is 16.8. The third kappa shape index (κ3) is 6.65. The second-order valence-electron chi connectivity index (χ2n) is 8.56. The minimum absolute atomic E-state index is 0.0702. The number of phenolic OH excluding ortho intramolecular Hbond substituents is 1. The van der Waals surface area contributed by atoms with E-state index in [0.29, 0.717) is 5.56 Å². The number of esters is 1. The Morgan fingerprint density at radius 2 is 1.65 bits per heavy atom. The van der Waals surface area contributed by atoms with Crippen molar-refractivity contribution in [3.63, 3.8) is 0 Å². The molecule has 0 aliphatic rings. The zero-order chi connectivity index (χ0) is 25.1. The normalized spacial score (nSPS) is 11.8. The Morgan fingerprint density at radius 1 is 0.971 bits per heavy atom. The van der Waals surface area contributed by atoms with Gasteiger partial charge >= 0.3 is 5.97 Å². The van der Waals surface area contributed by atoms with Crippen LogP contribution >= 0.6 is 23.2 Å². The molecule has 0 bridgehead atoms. The highest BCUT2D eigenvalue weighted by atomic mass is 35.5. The van der Waals surface area contributed by atoms with Crippen LogP contribution in [0.15, 0.2) is 65.6 Å². The van der Waals surface area contributed by atoms with E-state index in [0.717, 1.165) is 17.2 Å². The molecule has 0 saturated carbocycles. The van der Waals surface area contributed by atoms with Crippen LogP contribution in [0.4, 0.5) is 0 Å². The first kappa shape index (κ1) is 25.9. The lowest BCUT2D eigenvalue weighted by atomic mass is 10.0. The maximum absolute atomic E-state index is 13.2. The molecule has 0 saturated heterocycles. The Morgan fingerprint density at radius 3 is 2.29 bits per heavy atom. The van der Waals surface area contributed by atoms with Crippen LogP contribution < -0.4 is 4.74 Å². The summed E-state index contributed by atoms with van der Waals surface area (Å²) < 4.78 is 37.4. The van der Waals surface area contributed by atoms with Gasteiger partial charge in [0.2, 0.25) is 0 Å². The topological polar surface area (TPSA) is 89.9 Å². The smallest absolute Gasteiger partial charge is 0.344 e. The average molecular weight is 523 g/mol. The summed E-state index contributed by atoms with van der Waals surface area (Å²) in [6.45, 7) is 4.81. The van der Waals surface area contributed by atoms with E-state index in [1.165, 1.54) is 6.07 Å². The Bertz CT molecular complexity index is 1300. The van der Waals surface area contributed by atoms with Gasteiger partial charge in [0, 0.05) is 10.6 Å². The molecule has 0 spiro atoms. The predicted octanol–water partition coefficient (Wildman–Crippen LogP) is 6.06. The standard InChI is InChI=1S/C25H24Cl2O6S/c1-25(2,3)33-23(28)14-32-21-10-9-17(16-7-5-4-6-8-16)11-18(21)15-34(30,31)22-13-19(26)12-20(27)24(22)29/h4-13,29H,14-15H2,1-3H3. The molecule has 0 fully saturated rings. The Labute approximate surface area is 209 Å². The summed E-state index contributed by atoms with van der Waals surface area (Å²) in [5, 5.41) is 10.2. The monoisotopic (exact) mass is 522 g/mol. The van der Waals surface area contributed by atoms with Gasteiger partial charge in [0.1, 0.15) is 16.2 Å². The van der Waals surface area contributed by atoms with Gasteiger partial charge in [-0.05, 0) is 56.2 Å². The summed E-state index contributed by atoms with van der Waals surface area (Å²) in [7, 11) is -4.09. The van der Waals surface area contributed by atoms with E-state index < -0.39 is 44.4 Å². The lowest BCUT2D eigenvalue weighted by Crippen LogP contribution is -2.27. The quantitative estimate of drug-likeness (QED) is 0.379. The zero-order valence-electron chi connectivity index (χ0n) is 18.8. The molecular formula is C25H24Cl2O6S. The van der Waals surface area contributed by atoms with Gasteiger partial charge in [-0.1, -0.05) is 59.6 Å². The molecule has 0 aromatic heterocycles. The number of phenols is 1. The van der Waals surface area contributed by atoms with E-state index in [1.54, 1.807) is 39.0 Å². The molecule has 180 valence electrons. The first-order valence-electron chi connectivity index (χ1n) is 10.3. The fourth-order valence-corrected chi connectivity index (χ4v) is 5.33. The zero-order valence-corrected chi connectivity index (χ0v) is 21.2. The molecule has 9 heteroatoms. The third-order valence-electron chi connectivity index (χ3n) is 4.61. The van der Waals surface area contributed by atoms with E-state index in [-0.39, 0.29) is 15.8 Å². The number of benzene rings is 3. The number of halogens is 2. The largest absolute Gasteiger partial charge is 0.505 e. The van der Waals surface area contributed by atoms with Crippen LogP contribution in [0.1, 0.15) is 26.3 Å². The van der Waals surface area contributed by atoms with Gasteiger partial charge in [0.15, 0.2) is 22.2 Å². The number of hydrogen-bond acceptors (Lipinski definition) is 6. The molecule has 0 unspecified atom stereocenters. The number of carbonyl (C=O) groups is 1. The summed E-state index contributed by atoms with van der Waals surface area (Å²) in [6.07, 6.45) is 0. The minimum Gasteiger partial charge on any atom is -0.505 e. The number of sulfone groups is 1. The highest BCUT2D eigenvalue weighted by Gasteiger charge is 2.25. The van der Waals surface area contributed by atoms with E-state index in [1.807, 2.05) is 30.3 Å². The molecule has 34 heavy (non-hydrogen) atoms. The molecule has 0 amide bonds. The van der Waals surface area contributed by atoms with Gasteiger partial charge in [-0.2, -0.15) is 0 Å². The van der Waals surface area contributed by atoms with Gasteiger partial charge in [-0.15, -0.1) is 0 Å². The lowest BCUT2D eigenvalue weighted by molar-refractivity contribution is -0.157. The first-order valence-corrected chi connectivity index (χ1v) is 12.7. The van der Waals surface area contributed by atoms with Gasteiger partial charge in [-0.3, -0.25) is 0 Å². The van der Waals surface area contributed by atoms with Crippen LogP contribution in [0.25, 0.3) is 11.1 Å². The Kier molecular flexibility index (Phi) is 7.81.